The summed E-state index contributed by atoms with van der Waals surface area (Å²) in [6, 6.07) is 26.6. The first-order valence-corrected chi connectivity index (χ1v) is 16.5. The number of hydrogen-bond acceptors (Lipinski definition) is 5. The van der Waals surface area contributed by atoms with E-state index in [4.69, 9.17) is 4.98 Å². The molecular formula is C38H43N4NaO4. The van der Waals surface area contributed by atoms with Crippen LogP contribution in [0, 0.1) is 5.92 Å². The number of piperazine rings is 1. The van der Waals surface area contributed by atoms with Gasteiger partial charge in [-0.2, -0.15) is 0 Å². The van der Waals surface area contributed by atoms with Crippen LogP contribution in [0.25, 0.3) is 22.2 Å². The van der Waals surface area contributed by atoms with Gasteiger partial charge in [0.1, 0.15) is 0 Å². The van der Waals surface area contributed by atoms with E-state index in [0.29, 0.717) is 49.8 Å². The number of aliphatic carboxylic acids is 1. The van der Waals surface area contributed by atoms with E-state index in [9.17, 15) is 19.5 Å². The van der Waals surface area contributed by atoms with Crippen molar-refractivity contribution in [3.8, 4) is 11.3 Å². The predicted molar refractivity (Wildman–Crippen MR) is 187 cm³/mol. The van der Waals surface area contributed by atoms with Crippen molar-refractivity contribution in [3.05, 3.63) is 102 Å². The minimum atomic E-state index is -1.23. The van der Waals surface area contributed by atoms with Crippen molar-refractivity contribution in [1.29, 1.82) is 0 Å². The molecule has 1 aliphatic carbocycles. The number of rotatable bonds is 9. The minimum absolute atomic E-state index is 0. The Kier molecular flexibility index (Phi) is 11.9. The zero-order valence-corrected chi connectivity index (χ0v) is 26.4. The molecule has 6 rings (SSSR count). The molecule has 0 radical (unpaired) electrons. The molecule has 2 aliphatic rings. The SMILES string of the molecule is C[C@H](NC(=O)c1c(CN2CCN(C(=O)C(C(=O)O)c3ccccc3)CC2)c(-c2ccccc2)nc2ccccc12)C1CCCCC1.[NaH]. The maximum absolute atomic E-state index is 14.3. The average molecular weight is 643 g/mol. The van der Waals surface area contributed by atoms with Crippen LogP contribution in [0.2, 0.25) is 0 Å². The summed E-state index contributed by atoms with van der Waals surface area (Å²) in [5.74, 6) is -2.38. The molecule has 0 spiro atoms. The summed E-state index contributed by atoms with van der Waals surface area (Å²) in [5.41, 5.74) is 4.50. The van der Waals surface area contributed by atoms with Crippen LogP contribution in [0.1, 0.15) is 66.4 Å². The van der Waals surface area contributed by atoms with Crippen LogP contribution >= 0.6 is 0 Å². The van der Waals surface area contributed by atoms with E-state index in [1.165, 1.54) is 19.3 Å². The summed E-state index contributed by atoms with van der Waals surface area (Å²) in [6.45, 7) is 4.51. The van der Waals surface area contributed by atoms with Gasteiger partial charge < -0.3 is 15.3 Å². The molecule has 2 fully saturated rings. The first-order valence-electron chi connectivity index (χ1n) is 16.5. The third-order valence-corrected chi connectivity index (χ3v) is 9.68. The number of aromatic nitrogens is 1. The number of hydrogen-bond donors (Lipinski definition) is 2. The number of fused-ring (bicyclic) bond motifs is 1. The standard InChI is InChI=1S/C38H42N4O4.Na.H/c1-26(27-13-5-2-6-14-27)39-36(43)34-30-19-11-12-20-32(30)40-35(29-17-9-4-10-18-29)31(34)25-41-21-23-42(24-22-41)37(44)33(38(45)46)28-15-7-3-8-16-28;;/h3-4,7-12,15-20,26-27,33H,2,5-6,13-14,21-25H2,1H3,(H,39,43)(H,45,46);;/t26-,33?;;/m0../s1. The van der Waals surface area contributed by atoms with Gasteiger partial charge in [-0.3, -0.25) is 19.3 Å². The van der Waals surface area contributed by atoms with Crippen LogP contribution in [0.3, 0.4) is 0 Å². The third-order valence-electron chi connectivity index (χ3n) is 9.68. The number of nitrogens with one attached hydrogen (secondary N) is 1. The zero-order valence-electron chi connectivity index (χ0n) is 26.4. The number of nitrogens with zero attached hydrogens (tertiary/aromatic N) is 3. The van der Waals surface area contributed by atoms with Gasteiger partial charge in [0.2, 0.25) is 5.91 Å². The van der Waals surface area contributed by atoms with Crippen molar-refractivity contribution < 1.29 is 19.5 Å². The second kappa shape index (κ2) is 16.0. The molecule has 2 N–H and O–H groups in total. The number of pyridine rings is 1. The molecule has 4 aromatic rings. The Morgan fingerprint density at radius 2 is 1.47 bits per heavy atom. The molecule has 240 valence electrons. The Bertz CT molecular complexity index is 1690. The fourth-order valence-corrected chi connectivity index (χ4v) is 7.10. The predicted octanol–water partition coefficient (Wildman–Crippen LogP) is 5.46. The molecule has 47 heavy (non-hydrogen) atoms. The van der Waals surface area contributed by atoms with Crippen molar-refractivity contribution in [2.24, 2.45) is 5.92 Å². The Morgan fingerprint density at radius 1 is 0.851 bits per heavy atom. The Labute approximate surface area is 298 Å². The number of amides is 2. The van der Waals surface area contributed by atoms with Crippen molar-refractivity contribution >= 4 is 58.2 Å². The normalized spacial score (nSPS) is 17.0. The molecule has 2 atom stereocenters. The second-order valence-corrected chi connectivity index (χ2v) is 12.6. The topological polar surface area (TPSA) is 103 Å². The number of carboxylic acids is 1. The number of carbonyl (C=O) groups is 3. The van der Waals surface area contributed by atoms with Crippen LogP contribution in [0.5, 0.6) is 0 Å². The summed E-state index contributed by atoms with van der Waals surface area (Å²) in [7, 11) is 0. The van der Waals surface area contributed by atoms with Gasteiger partial charge in [-0.25, -0.2) is 4.98 Å². The first kappa shape index (κ1) is 34.8. The van der Waals surface area contributed by atoms with Gasteiger partial charge in [-0.05, 0) is 37.3 Å². The number of para-hydroxylation sites is 1. The molecule has 3 aromatic carbocycles. The van der Waals surface area contributed by atoms with E-state index in [-0.39, 0.29) is 41.5 Å². The molecule has 1 aromatic heterocycles. The van der Waals surface area contributed by atoms with E-state index < -0.39 is 17.8 Å². The molecule has 0 bridgehead atoms. The Morgan fingerprint density at radius 3 is 2.13 bits per heavy atom. The molecular weight excluding hydrogens is 599 g/mol. The number of carbonyl (C=O) groups excluding carboxylic acids is 2. The fraction of sp³-hybridized carbons (Fsp3) is 0.368. The van der Waals surface area contributed by atoms with Crippen molar-refractivity contribution in [1.82, 2.24) is 20.1 Å². The number of benzene rings is 3. The van der Waals surface area contributed by atoms with Gasteiger partial charge in [0, 0.05) is 55.3 Å². The summed E-state index contributed by atoms with van der Waals surface area (Å²) >= 11 is 0. The second-order valence-electron chi connectivity index (χ2n) is 12.6. The Balaban J connectivity index is 0.00000433. The van der Waals surface area contributed by atoms with Crippen LogP contribution in [-0.4, -0.2) is 99.5 Å². The summed E-state index contributed by atoms with van der Waals surface area (Å²) in [4.78, 5) is 48.9. The molecule has 2 amide bonds. The van der Waals surface area contributed by atoms with Gasteiger partial charge in [0.25, 0.3) is 5.91 Å². The van der Waals surface area contributed by atoms with E-state index in [1.54, 1.807) is 29.2 Å². The quantitative estimate of drug-likeness (QED) is 0.186. The van der Waals surface area contributed by atoms with Gasteiger partial charge in [-0.1, -0.05) is 98.1 Å². The van der Waals surface area contributed by atoms with Crippen molar-refractivity contribution in [2.75, 3.05) is 26.2 Å². The van der Waals surface area contributed by atoms with Gasteiger partial charge in [0.15, 0.2) is 5.92 Å². The molecule has 2 heterocycles. The van der Waals surface area contributed by atoms with Crippen molar-refractivity contribution in [3.63, 3.8) is 0 Å². The summed E-state index contributed by atoms with van der Waals surface area (Å²) in [5, 5.41) is 14.1. The van der Waals surface area contributed by atoms with Crippen LogP contribution in [0.4, 0.5) is 0 Å². The maximum atomic E-state index is 14.3. The van der Waals surface area contributed by atoms with E-state index in [1.807, 2.05) is 60.7 Å². The van der Waals surface area contributed by atoms with Crippen LogP contribution < -0.4 is 5.32 Å². The van der Waals surface area contributed by atoms with Crippen LogP contribution in [0.15, 0.2) is 84.9 Å². The molecule has 1 saturated carbocycles. The molecule has 1 unspecified atom stereocenters. The molecule has 9 heteroatoms. The fourth-order valence-electron chi connectivity index (χ4n) is 7.10. The van der Waals surface area contributed by atoms with E-state index in [2.05, 4.69) is 17.1 Å². The summed E-state index contributed by atoms with van der Waals surface area (Å²) in [6.07, 6.45) is 5.95. The zero-order chi connectivity index (χ0) is 32.0. The summed E-state index contributed by atoms with van der Waals surface area (Å²) < 4.78 is 0. The van der Waals surface area contributed by atoms with Crippen LogP contribution in [-0.2, 0) is 16.1 Å². The van der Waals surface area contributed by atoms with Gasteiger partial charge >= 0.3 is 35.5 Å². The van der Waals surface area contributed by atoms with Gasteiger partial charge in [0.05, 0.1) is 16.8 Å². The average Bonchev–Trinajstić information content (AvgIpc) is 3.09. The monoisotopic (exact) mass is 642 g/mol. The van der Waals surface area contributed by atoms with Crippen molar-refractivity contribution in [2.45, 2.75) is 57.5 Å². The molecule has 1 saturated heterocycles. The number of carboxylic acid groups (broad SMARTS) is 1. The first-order chi connectivity index (χ1) is 22.4. The van der Waals surface area contributed by atoms with E-state index >= 15 is 0 Å². The molecule has 1 aliphatic heterocycles. The van der Waals surface area contributed by atoms with Gasteiger partial charge in [-0.15, -0.1) is 0 Å². The Hall–Kier alpha value is -3.56. The van der Waals surface area contributed by atoms with E-state index in [0.717, 1.165) is 40.6 Å². The molecule has 8 nitrogen and oxygen atoms in total. The third kappa shape index (κ3) is 7.95.